The Bertz CT molecular complexity index is 1250. The second kappa shape index (κ2) is 10.4. The predicted octanol–water partition coefficient (Wildman–Crippen LogP) is 5.74. The average Bonchev–Trinajstić information content (AvgIpc) is 3.50. The first kappa shape index (κ1) is 22.6. The smallest absolute Gasteiger partial charge is 0.291 e. The Labute approximate surface area is 199 Å². The van der Waals surface area contributed by atoms with Crippen LogP contribution >= 0.6 is 23.2 Å². The minimum Gasteiger partial charge on any atom is -0.459 e. The number of anilines is 1. The summed E-state index contributed by atoms with van der Waals surface area (Å²) in [7, 11) is 0. The van der Waals surface area contributed by atoms with Gasteiger partial charge in [-0.3, -0.25) is 9.59 Å². The third-order valence-electron chi connectivity index (χ3n) is 4.76. The van der Waals surface area contributed by atoms with Crippen molar-refractivity contribution in [1.82, 2.24) is 10.3 Å². The van der Waals surface area contributed by atoms with Crippen LogP contribution in [-0.2, 0) is 17.8 Å². The van der Waals surface area contributed by atoms with Crippen molar-refractivity contribution >= 4 is 40.7 Å². The number of oxazole rings is 1. The summed E-state index contributed by atoms with van der Waals surface area (Å²) in [5.41, 5.74) is 2.22. The molecule has 2 amide bonds. The molecule has 2 N–H and O–H groups in total. The molecule has 0 saturated heterocycles. The first-order valence-corrected chi connectivity index (χ1v) is 10.8. The van der Waals surface area contributed by atoms with Crippen molar-refractivity contribution in [3.05, 3.63) is 94.3 Å². The van der Waals surface area contributed by atoms with E-state index in [-0.39, 0.29) is 24.0 Å². The maximum Gasteiger partial charge on any atom is 0.291 e. The van der Waals surface area contributed by atoms with E-state index in [0.717, 1.165) is 5.56 Å². The predicted molar refractivity (Wildman–Crippen MR) is 125 cm³/mol. The number of halogens is 2. The number of hydrogen-bond acceptors (Lipinski definition) is 5. The van der Waals surface area contributed by atoms with Gasteiger partial charge in [-0.1, -0.05) is 35.3 Å². The maximum absolute atomic E-state index is 12.2. The number of nitrogens with zero attached hydrogens (tertiary/aromatic N) is 1. The second-order valence-corrected chi connectivity index (χ2v) is 7.99. The van der Waals surface area contributed by atoms with Crippen LogP contribution in [0.2, 0.25) is 10.0 Å². The quantitative estimate of drug-likeness (QED) is 0.332. The molecule has 0 spiro atoms. The van der Waals surface area contributed by atoms with Crippen molar-refractivity contribution in [1.29, 1.82) is 0 Å². The summed E-state index contributed by atoms with van der Waals surface area (Å²) in [5, 5.41) is 6.60. The van der Waals surface area contributed by atoms with E-state index < -0.39 is 0 Å². The van der Waals surface area contributed by atoms with Gasteiger partial charge in [-0.25, -0.2) is 4.98 Å². The number of carbonyl (C=O) groups is 2. The number of carbonyl (C=O) groups excluding carboxylic acids is 2. The highest BCUT2D eigenvalue weighted by Gasteiger charge is 2.12. The molecule has 0 aliphatic rings. The van der Waals surface area contributed by atoms with Crippen LogP contribution in [0.25, 0.3) is 11.3 Å². The molecule has 168 valence electrons. The highest BCUT2D eigenvalue weighted by atomic mass is 35.5. The van der Waals surface area contributed by atoms with E-state index in [4.69, 9.17) is 32.0 Å². The molecule has 0 aliphatic heterocycles. The molecule has 0 saturated carbocycles. The standard InChI is InChI=1S/C24H19Cl2N3O4/c25-16-5-8-18(19(26)12-16)21-14-28-23(33-21)10-9-22(30)27-13-15-3-6-17(7-4-15)29-24(31)20-2-1-11-32-20/h1-8,11-12,14H,9-10,13H2,(H,27,30)(H,29,31). The number of hydrogen-bond donors (Lipinski definition) is 2. The summed E-state index contributed by atoms with van der Waals surface area (Å²) in [6.45, 7) is 0.364. The van der Waals surface area contributed by atoms with Gasteiger partial charge in [0.25, 0.3) is 5.91 Å². The molecule has 0 atom stereocenters. The topological polar surface area (TPSA) is 97.4 Å². The lowest BCUT2D eigenvalue weighted by Crippen LogP contribution is -2.23. The number of nitrogens with one attached hydrogen (secondary N) is 2. The van der Waals surface area contributed by atoms with Crippen LogP contribution in [0.5, 0.6) is 0 Å². The Morgan fingerprint density at radius 3 is 2.58 bits per heavy atom. The molecule has 4 aromatic rings. The molecule has 0 radical (unpaired) electrons. The summed E-state index contributed by atoms with van der Waals surface area (Å²) >= 11 is 12.1. The van der Waals surface area contributed by atoms with Crippen molar-refractivity contribution < 1.29 is 18.4 Å². The third-order valence-corrected chi connectivity index (χ3v) is 5.31. The molecule has 0 fully saturated rings. The van der Waals surface area contributed by atoms with Gasteiger partial charge >= 0.3 is 0 Å². The molecule has 2 aromatic heterocycles. The van der Waals surface area contributed by atoms with Crippen LogP contribution in [0.1, 0.15) is 28.4 Å². The molecule has 33 heavy (non-hydrogen) atoms. The van der Waals surface area contributed by atoms with E-state index in [9.17, 15) is 9.59 Å². The Morgan fingerprint density at radius 2 is 1.85 bits per heavy atom. The third kappa shape index (κ3) is 6.03. The molecule has 0 unspecified atom stereocenters. The Morgan fingerprint density at radius 1 is 1.03 bits per heavy atom. The fourth-order valence-electron chi connectivity index (χ4n) is 3.06. The highest BCUT2D eigenvalue weighted by Crippen LogP contribution is 2.30. The first-order chi connectivity index (χ1) is 16.0. The molecule has 0 bridgehead atoms. The van der Waals surface area contributed by atoms with Gasteiger partial charge < -0.3 is 19.5 Å². The van der Waals surface area contributed by atoms with E-state index >= 15 is 0 Å². The zero-order chi connectivity index (χ0) is 23.2. The molecule has 0 aliphatic carbocycles. The van der Waals surface area contributed by atoms with E-state index in [1.165, 1.54) is 6.26 Å². The normalized spacial score (nSPS) is 10.7. The van der Waals surface area contributed by atoms with Crippen molar-refractivity contribution in [3.8, 4) is 11.3 Å². The Kier molecular flexibility index (Phi) is 7.12. The molecule has 2 aromatic carbocycles. The monoisotopic (exact) mass is 483 g/mol. The Balaban J connectivity index is 1.23. The van der Waals surface area contributed by atoms with Gasteiger partial charge in [-0.2, -0.15) is 0 Å². The van der Waals surface area contributed by atoms with Crippen LogP contribution in [0.3, 0.4) is 0 Å². The van der Waals surface area contributed by atoms with Gasteiger partial charge in [-0.05, 0) is 48.0 Å². The first-order valence-electron chi connectivity index (χ1n) is 10.1. The van der Waals surface area contributed by atoms with Gasteiger partial charge in [-0.15, -0.1) is 0 Å². The van der Waals surface area contributed by atoms with Crippen molar-refractivity contribution in [2.45, 2.75) is 19.4 Å². The number of aromatic nitrogens is 1. The van der Waals surface area contributed by atoms with Crippen LogP contribution < -0.4 is 10.6 Å². The van der Waals surface area contributed by atoms with Crippen LogP contribution in [0.4, 0.5) is 5.69 Å². The lowest BCUT2D eigenvalue weighted by Gasteiger charge is -2.07. The number of furan rings is 1. The lowest BCUT2D eigenvalue weighted by atomic mass is 10.2. The van der Waals surface area contributed by atoms with Crippen molar-refractivity contribution in [2.24, 2.45) is 0 Å². The minimum absolute atomic E-state index is 0.130. The van der Waals surface area contributed by atoms with Crippen LogP contribution in [0, 0.1) is 0 Å². The number of aryl methyl sites for hydroxylation is 1. The van der Waals surface area contributed by atoms with Crippen LogP contribution in [-0.4, -0.2) is 16.8 Å². The summed E-state index contributed by atoms with van der Waals surface area (Å²) in [6, 6.07) is 15.5. The molecule has 9 heteroatoms. The molecule has 4 rings (SSSR count). The zero-order valence-electron chi connectivity index (χ0n) is 17.3. The largest absolute Gasteiger partial charge is 0.459 e. The minimum atomic E-state index is -0.325. The number of rotatable bonds is 8. The average molecular weight is 484 g/mol. The van der Waals surface area contributed by atoms with E-state index in [0.29, 0.717) is 45.9 Å². The molecule has 7 nitrogen and oxygen atoms in total. The van der Waals surface area contributed by atoms with Crippen molar-refractivity contribution in [3.63, 3.8) is 0 Å². The lowest BCUT2D eigenvalue weighted by molar-refractivity contribution is -0.121. The fraction of sp³-hybridized carbons (Fsp3) is 0.125. The maximum atomic E-state index is 12.2. The molecule has 2 heterocycles. The molecular formula is C24H19Cl2N3O4. The Hall–Kier alpha value is -3.55. The van der Waals surface area contributed by atoms with Gasteiger partial charge in [0.1, 0.15) is 0 Å². The second-order valence-electron chi connectivity index (χ2n) is 7.15. The SMILES string of the molecule is O=C(CCc1ncc(-c2ccc(Cl)cc2Cl)o1)NCc1ccc(NC(=O)c2ccco2)cc1. The highest BCUT2D eigenvalue weighted by molar-refractivity contribution is 6.36. The zero-order valence-corrected chi connectivity index (χ0v) is 18.8. The summed E-state index contributed by atoms with van der Waals surface area (Å²) < 4.78 is 10.8. The van der Waals surface area contributed by atoms with E-state index in [2.05, 4.69) is 15.6 Å². The van der Waals surface area contributed by atoms with Gasteiger partial charge in [0.2, 0.25) is 5.91 Å². The van der Waals surface area contributed by atoms with Gasteiger partial charge in [0, 0.05) is 35.7 Å². The van der Waals surface area contributed by atoms with Gasteiger partial charge in [0.05, 0.1) is 17.5 Å². The summed E-state index contributed by atoms with van der Waals surface area (Å²) in [4.78, 5) is 28.4. The summed E-state index contributed by atoms with van der Waals surface area (Å²) in [6.07, 6.45) is 3.60. The fourth-order valence-corrected chi connectivity index (χ4v) is 3.56. The van der Waals surface area contributed by atoms with E-state index in [1.54, 1.807) is 48.7 Å². The number of amides is 2. The van der Waals surface area contributed by atoms with Gasteiger partial charge in [0.15, 0.2) is 17.4 Å². The van der Waals surface area contributed by atoms with E-state index in [1.807, 2.05) is 12.1 Å². The summed E-state index contributed by atoms with van der Waals surface area (Å²) in [5.74, 6) is 0.749. The number of benzene rings is 2. The molecular weight excluding hydrogens is 465 g/mol. The van der Waals surface area contributed by atoms with Crippen molar-refractivity contribution in [2.75, 3.05) is 5.32 Å². The van der Waals surface area contributed by atoms with Crippen LogP contribution in [0.15, 0.2) is 75.9 Å².